The predicted molar refractivity (Wildman–Crippen MR) is 466 cm³/mol. The van der Waals surface area contributed by atoms with Gasteiger partial charge in [0.2, 0.25) is 58.6 Å². The smallest absolute Gasteiger partial charge is 0.408 e. The number of anilines is 2. The number of carbonyl (C=O) groups excluding carboxylic acids is 9. The molecule has 3 rings (SSSR count). The molecule has 47 heteroatoms. The number of nitrogens with two attached hydrogens (primary N) is 8. The van der Waals surface area contributed by atoms with Crippen LogP contribution in [0, 0.1) is 43.3 Å². The number of hydrogen-bond acceptors (Lipinski definition) is 21. The van der Waals surface area contributed by atoms with E-state index in [1.54, 1.807) is 32.1 Å². The van der Waals surface area contributed by atoms with Gasteiger partial charge in [0.05, 0.1) is 0 Å². The fraction of sp³-hybridized carbons (Fsp3) is 0.603. The number of guanidine groups is 8. The van der Waals surface area contributed by atoms with Crippen molar-refractivity contribution in [2.45, 2.75) is 217 Å². The number of benzene rings is 2. The van der Waals surface area contributed by atoms with Crippen LogP contribution in [0.2, 0.25) is 0 Å². The molecule has 0 aliphatic heterocycles. The van der Waals surface area contributed by atoms with Gasteiger partial charge in [0, 0.05) is 101 Å². The fourth-order valence-corrected chi connectivity index (χ4v) is 13.4. The lowest BCUT2D eigenvalue weighted by molar-refractivity contribution is -0.136. The summed E-state index contributed by atoms with van der Waals surface area (Å²) < 4.78 is 7.36. The summed E-state index contributed by atoms with van der Waals surface area (Å²) in [7, 11) is 0. The highest BCUT2D eigenvalue weighted by molar-refractivity contribution is 7.24. The molecule has 46 nitrogen and oxygen atoms in total. The van der Waals surface area contributed by atoms with Gasteiger partial charge in [-0.05, 0) is 175 Å². The Bertz CT molecular complexity index is 3950. The SMILES string of the molecule is CC(C)N(c1ccc2nc3ccc(NCCNC(=O)[C@H](CCCNC(=N)N)NC(=O)[C@H](CCCNC(=N)N)NC(=O)[C@H](CCCNC(=N)N)NC(=O)[C@H](CCCNC(=N)N)NC(=O)[C@H](CCCNC(=N)N)NC(=O)[C@H](CCCNC(=N)N)NC(=O)[C@H](CCCNC(=N)N)NC(=O)[C@H](CCCNC(=N)N)NC(=O)OC(C)(C)C)cc3[s+]c2c1)C(C)C. The van der Waals surface area contributed by atoms with Gasteiger partial charge in [0.25, 0.3) is 9.40 Å². The first kappa shape index (κ1) is 101. The molecule has 0 fully saturated rings. The number of nitrogens with zero attached hydrogens (tertiary/aromatic N) is 2. The van der Waals surface area contributed by atoms with Gasteiger partial charge in [-0.25, -0.2) is 9.78 Å². The summed E-state index contributed by atoms with van der Waals surface area (Å²) in [6.07, 6.45) is -1.38. The summed E-state index contributed by atoms with van der Waals surface area (Å²) in [6.45, 7) is 14.1. The molecule has 0 aliphatic rings. The van der Waals surface area contributed by atoms with Crippen molar-refractivity contribution in [1.82, 2.24) is 95.4 Å². The molecule has 0 bridgehead atoms. The highest BCUT2D eigenvalue weighted by Crippen LogP contribution is 2.32. The molecule has 1 aromatic heterocycles. The van der Waals surface area contributed by atoms with Gasteiger partial charge in [-0.1, -0.05) is 0 Å². The Balaban J connectivity index is 2.07. The molecule has 0 saturated heterocycles. The van der Waals surface area contributed by atoms with E-state index in [1.807, 2.05) is 24.3 Å². The predicted octanol–water partition coefficient (Wildman–Crippen LogP) is -3.73. The van der Waals surface area contributed by atoms with E-state index in [9.17, 15) is 33.6 Å². The van der Waals surface area contributed by atoms with Crippen LogP contribution in [0.25, 0.3) is 20.4 Å². The van der Waals surface area contributed by atoms with E-state index >= 15 is 9.59 Å². The third-order valence-electron chi connectivity index (χ3n) is 17.8. The molecular weight excluding hydrogens is 1570 g/mol. The van der Waals surface area contributed by atoms with Gasteiger partial charge in [-0.3, -0.25) is 81.6 Å². The number of carbonyl (C=O) groups is 9. The monoisotopic (exact) mass is 1700 g/mol. The molecule has 0 unspecified atom stereocenters. The number of alkyl carbamates (subject to hydrolysis) is 1. The second-order valence-electron chi connectivity index (χ2n) is 29.8. The van der Waals surface area contributed by atoms with Crippen LogP contribution in [-0.2, 0) is 43.1 Å². The summed E-state index contributed by atoms with van der Waals surface area (Å²) in [5, 5.41) is 111. The minimum Gasteiger partial charge on any atom is -0.444 e. The largest absolute Gasteiger partial charge is 0.444 e. The molecule has 3 aromatic rings. The Hall–Kier alpha value is -12.7. The van der Waals surface area contributed by atoms with Crippen LogP contribution in [-0.4, -0.2) is 237 Å². The van der Waals surface area contributed by atoms with E-state index in [2.05, 4.69) is 140 Å². The highest BCUT2D eigenvalue weighted by atomic mass is 32.1. The number of fused-ring (bicyclic) bond motifs is 2. The second kappa shape index (κ2) is 53.6. The first-order chi connectivity index (χ1) is 56.6. The number of nitrogens with one attached hydrogen (secondary N) is 26. The van der Waals surface area contributed by atoms with Crippen molar-refractivity contribution >= 4 is 144 Å². The Morgan fingerprint density at radius 3 is 0.858 bits per heavy atom. The van der Waals surface area contributed by atoms with Gasteiger partial charge in [0.1, 0.15) is 65.0 Å². The molecule has 0 spiro atoms. The Morgan fingerprint density at radius 1 is 0.350 bits per heavy atom. The second-order valence-corrected chi connectivity index (χ2v) is 30.9. The maximum atomic E-state index is 15.0. The topological polar surface area (TPSA) is 794 Å². The highest BCUT2D eigenvalue weighted by Gasteiger charge is 2.36. The standard InChI is InChI=1S/C73H130N36O10S/c1-40(2)109(41(3)4)43-25-27-45-55(39-43)120-54-38-42(24-26-44(54)100-45)90-36-37-91-56(110)46(16-8-28-92-64(74)75)101-57(111)47(17-9-29-93-65(76)77)102-58(112)48(18-10-30-94-66(78)79)103-59(113)49(19-11-31-95-67(80)81)104-60(114)50(20-12-32-96-68(82)83)105-61(115)51(21-13-33-97-69(84)85)106-62(116)52(22-14-34-98-70(86)87)107-63(117)53(23-15-35-99-71(88)89)108-72(118)119-73(5,6)7/h24-27,38-41,46-53,90H,8-23,28-37H2,1-7H3,(H40-,74,75,76,77,78,79,80,81,82,83,84,85,86,87,88,89,91,92,93,94,95,96,97,98,99,101,102,103,104,105,106,107,108,110,111,112,113,114,115,116,117,118)/p+1/t46-,47-,48-,49-,50-,51-,52-,53-/m0/s1. The Morgan fingerprint density at radius 2 is 0.600 bits per heavy atom. The molecule has 120 heavy (non-hydrogen) atoms. The minimum atomic E-state index is -1.57. The first-order valence-corrected chi connectivity index (χ1v) is 40.7. The minimum absolute atomic E-state index is 0.00135. The zero-order valence-corrected chi connectivity index (χ0v) is 70.4. The van der Waals surface area contributed by atoms with Crippen molar-refractivity contribution in [2.24, 2.45) is 45.9 Å². The lowest BCUT2D eigenvalue weighted by Crippen LogP contribution is -2.60. The van der Waals surface area contributed by atoms with Gasteiger partial charge in [0.15, 0.2) is 47.7 Å². The quantitative estimate of drug-likeness (QED) is 0.00849. The molecule has 8 atom stereocenters. The number of ether oxygens (including phenoxy) is 1. The van der Waals surface area contributed by atoms with Crippen LogP contribution >= 0.6 is 11.3 Å². The zero-order chi connectivity index (χ0) is 89.6. The summed E-state index contributed by atoms with van der Waals surface area (Å²) >= 11 is 1.60. The van der Waals surface area contributed by atoms with Crippen LogP contribution in [0.4, 0.5) is 16.2 Å². The maximum absolute atomic E-state index is 15.0. The number of amides is 9. The van der Waals surface area contributed by atoms with E-state index in [0.717, 1.165) is 31.8 Å². The van der Waals surface area contributed by atoms with Crippen molar-refractivity contribution in [3.63, 3.8) is 0 Å². The fourth-order valence-electron chi connectivity index (χ4n) is 12.3. The number of rotatable bonds is 55. The van der Waals surface area contributed by atoms with Crippen molar-refractivity contribution in [2.75, 3.05) is 75.7 Å². The molecule has 42 N–H and O–H groups in total. The lowest BCUT2D eigenvalue weighted by Gasteiger charge is -2.32. The van der Waals surface area contributed by atoms with E-state index in [1.165, 1.54) is 0 Å². The molecule has 668 valence electrons. The average molecular weight is 1710 g/mol. The van der Waals surface area contributed by atoms with Crippen molar-refractivity contribution in [3.05, 3.63) is 36.4 Å². The maximum Gasteiger partial charge on any atom is 0.408 e. The van der Waals surface area contributed by atoms with Crippen LogP contribution in [0.5, 0.6) is 0 Å². The van der Waals surface area contributed by atoms with Gasteiger partial charge >= 0.3 is 6.09 Å². The molecule has 9 amide bonds. The Kier molecular flexibility index (Phi) is 45.3. The molecule has 0 radical (unpaired) electrons. The van der Waals surface area contributed by atoms with Gasteiger partial charge in [-0.15, -0.1) is 0 Å². The summed E-state index contributed by atoms with van der Waals surface area (Å²) in [6, 6.07) is 0.866. The third kappa shape index (κ3) is 41.9. The van der Waals surface area contributed by atoms with Crippen LogP contribution in [0.3, 0.4) is 0 Å². The van der Waals surface area contributed by atoms with E-state index in [0.29, 0.717) is 0 Å². The van der Waals surface area contributed by atoms with Crippen molar-refractivity contribution in [3.8, 4) is 0 Å². The number of aromatic nitrogens is 1. The lowest BCUT2D eigenvalue weighted by atomic mass is 10.0. The van der Waals surface area contributed by atoms with E-state index in [-0.39, 0.29) is 198 Å². The summed E-state index contributed by atoms with van der Waals surface area (Å²) in [5.41, 5.74) is 47.1. The Labute approximate surface area is 702 Å². The van der Waals surface area contributed by atoms with Crippen LogP contribution in [0.1, 0.15) is 151 Å². The van der Waals surface area contributed by atoms with Crippen LogP contribution in [0.15, 0.2) is 36.4 Å². The van der Waals surface area contributed by atoms with Crippen LogP contribution < -0.4 is 146 Å². The van der Waals surface area contributed by atoms with Crippen molar-refractivity contribution < 1.29 is 47.9 Å². The third-order valence-corrected chi connectivity index (χ3v) is 18.9. The molecular formula is C73H131N36O10S+. The van der Waals surface area contributed by atoms with E-state index < -0.39 is 137 Å². The molecule has 0 saturated carbocycles. The first-order valence-electron chi connectivity index (χ1n) is 39.9. The normalized spacial score (nSPS) is 13.0. The van der Waals surface area contributed by atoms with E-state index in [4.69, 9.17) is 98.9 Å². The van der Waals surface area contributed by atoms with Gasteiger partial charge < -0.3 is 151 Å². The summed E-state index contributed by atoms with van der Waals surface area (Å²) in [4.78, 5) is 138. The zero-order valence-electron chi connectivity index (χ0n) is 69.6. The van der Waals surface area contributed by atoms with Crippen molar-refractivity contribution in [1.29, 1.82) is 43.3 Å². The molecule has 1 heterocycles. The molecule has 2 aromatic carbocycles. The summed E-state index contributed by atoms with van der Waals surface area (Å²) in [5.74, 6) is -10.2. The molecule has 0 aliphatic carbocycles. The van der Waals surface area contributed by atoms with Gasteiger partial charge in [-0.2, -0.15) is 0 Å². The average Bonchev–Trinajstić information content (AvgIpc) is 0.783. The number of hydrogen-bond donors (Lipinski definition) is 34.